The third-order valence-corrected chi connectivity index (χ3v) is 5.55. The van der Waals surface area contributed by atoms with Gasteiger partial charge >= 0.3 is 6.09 Å². The van der Waals surface area contributed by atoms with E-state index in [0.717, 1.165) is 4.90 Å². The van der Waals surface area contributed by atoms with Crippen LogP contribution in [0.5, 0.6) is 0 Å². The van der Waals surface area contributed by atoms with Gasteiger partial charge < -0.3 is 19.9 Å². The number of carbonyl (C=O) groups excluding carboxylic acids is 3. The van der Waals surface area contributed by atoms with E-state index in [1.54, 1.807) is 21.9 Å². The van der Waals surface area contributed by atoms with Gasteiger partial charge in [-0.1, -0.05) is 0 Å². The van der Waals surface area contributed by atoms with E-state index in [9.17, 15) is 14.4 Å². The summed E-state index contributed by atoms with van der Waals surface area (Å²) in [6.45, 7) is 9.13. The van der Waals surface area contributed by atoms with Gasteiger partial charge in [-0.15, -0.1) is 11.8 Å². The molecule has 27 heavy (non-hydrogen) atoms. The Balaban J connectivity index is 1.62. The smallest absolute Gasteiger partial charge is 0.410 e. The zero-order valence-electron chi connectivity index (χ0n) is 16.1. The van der Waals surface area contributed by atoms with Gasteiger partial charge in [0.1, 0.15) is 5.60 Å². The van der Waals surface area contributed by atoms with Crippen LogP contribution < -0.4 is 5.32 Å². The largest absolute Gasteiger partial charge is 0.444 e. The number of nitrogens with one attached hydrogen (secondary N) is 1. The number of hydrogen-bond acceptors (Lipinski definition) is 5. The molecule has 1 N–H and O–H groups in total. The first kappa shape index (κ1) is 19.5. The van der Waals surface area contributed by atoms with Gasteiger partial charge in [0.05, 0.1) is 10.9 Å². The molecule has 0 bridgehead atoms. The van der Waals surface area contributed by atoms with Crippen LogP contribution in [0, 0.1) is 0 Å². The van der Waals surface area contributed by atoms with Crippen molar-refractivity contribution < 1.29 is 19.1 Å². The molecule has 3 amide bonds. The van der Waals surface area contributed by atoms with Gasteiger partial charge in [0, 0.05) is 36.6 Å². The number of anilines is 1. The number of benzene rings is 1. The van der Waals surface area contributed by atoms with E-state index in [-0.39, 0.29) is 23.2 Å². The lowest BCUT2D eigenvalue weighted by Crippen LogP contribution is -2.51. The Hall–Kier alpha value is -2.22. The third kappa shape index (κ3) is 4.55. The molecule has 2 heterocycles. The highest BCUT2D eigenvalue weighted by molar-refractivity contribution is 8.00. The molecule has 0 spiro atoms. The molecule has 146 valence electrons. The molecular weight excluding hydrogens is 366 g/mol. The van der Waals surface area contributed by atoms with Gasteiger partial charge in [0.25, 0.3) is 5.91 Å². The maximum atomic E-state index is 12.8. The van der Waals surface area contributed by atoms with Crippen LogP contribution in [0.1, 0.15) is 38.1 Å². The van der Waals surface area contributed by atoms with E-state index in [1.165, 1.54) is 11.8 Å². The number of piperazine rings is 1. The molecule has 1 atom stereocenters. The van der Waals surface area contributed by atoms with Gasteiger partial charge in [0.2, 0.25) is 5.91 Å². The minimum atomic E-state index is -0.535. The van der Waals surface area contributed by atoms with Crippen LogP contribution >= 0.6 is 11.8 Å². The lowest BCUT2D eigenvalue weighted by atomic mass is 10.1. The second kappa shape index (κ2) is 7.42. The van der Waals surface area contributed by atoms with Crippen molar-refractivity contribution in [3.05, 3.63) is 23.8 Å². The monoisotopic (exact) mass is 391 g/mol. The normalized spacial score (nSPS) is 20.0. The van der Waals surface area contributed by atoms with Gasteiger partial charge in [-0.2, -0.15) is 0 Å². The maximum Gasteiger partial charge on any atom is 0.410 e. The summed E-state index contributed by atoms with van der Waals surface area (Å²) in [5.41, 5.74) is 0.684. The Morgan fingerprint density at radius 2 is 1.78 bits per heavy atom. The highest BCUT2D eigenvalue weighted by atomic mass is 32.2. The minimum absolute atomic E-state index is 0.0527. The lowest BCUT2D eigenvalue weighted by molar-refractivity contribution is -0.115. The number of fused-ring (bicyclic) bond motifs is 1. The molecule has 0 aliphatic carbocycles. The van der Waals surface area contributed by atoms with Crippen LogP contribution in [-0.4, -0.2) is 64.7 Å². The zero-order valence-corrected chi connectivity index (χ0v) is 16.9. The zero-order chi connectivity index (χ0) is 19.8. The predicted molar refractivity (Wildman–Crippen MR) is 104 cm³/mol. The topological polar surface area (TPSA) is 79.0 Å². The standard InChI is InChI=1S/C19H25N3O4S/c1-12-16(23)20-14-11-13(5-6-15(14)27-12)17(24)21-7-9-22(10-8-21)18(25)26-19(2,3)4/h5-6,11-12H,7-10H2,1-4H3,(H,20,23)/t12-/m0/s1. The Labute approximate surface area is 163 Å². The van der Waals surface area contributed by atoms with Crippen molar-refractivity contribution in [1.82, 2.24) is 9.80 Å². The fourth-order valence-electron chi connectivity index (χ4n) is 2.94. The van der Waals surface area contributed by atoms with Crippen LogP contribution in [0.2, 0.25) is 0 Å². The number of thioether (sulfide) groups is 1. The Morgan fingerprint density at radius 1 is 1.15 bits per heavy atom. The van der Waals surface area contributed by atoms with Crippen molar-refractivity contribution in [2.75, 3.05) is 31.5 Å². The number of carbonyl (C=O) groups is 3. The fourth-order valence-corrected chi connectivity index (χ4v) is 3.87. The Kier molecular flexibility index (Phi) is 5.37. The summed E-state index contributed by atoms with van der Waals surface area (Å²) in [6, 6.07) is 5.40. The molecule has 7 nitrogen and oxygen atoms in total. The summed E-state index contributed by atoms with van der Waals surface area (Å²) in [5.74, 6) is -0.150. The predicted octanol–water partition coefficient (Wildman–Crippen LogP) is 2.81. The summed E-state index contributed by atoms with van der Waals surface area (Å²) < 4.78 is 5.38. The van der Waals surface area contributed by atoms with Crippen molar-refractivity contribution in [2.45, 2.75) is 43.4 Å². The molecule has 1 aromatic rings. The van der Waals surface area contributed by atoms with E-state index < -0.39 is 5.60 Å². The molecular formula is C19H25N3O4S. The van der Waals surface area contributed by atoms with E-state index >= 15 is 0 Å². The molecule has 8 heteroatoms. The summed E-state index contributed by atoms with van der Waals surface area (Å²) in [7, 11) is 0. The van der Waals surface area contributed by atoms with Gasteiger partial charge in [0.15, 0.2) is 0 Å². The summed E-state index contributed by atoms with van der Waals surface area (Å²) in [4.78, 5) is 41.1. The second-order valence-corrected chi connectivity index (χ2v) is 9.10. The van der Waals surface area contributed by atoms with Crippen molar-refractivity contribution in [3.8, 4) is 0 Å². The first-order valence-corrected chi connectivity index (χ1v) is 9.91. The van der Waals surface area contributed by atoms with E-state index in [2.05, 4.69) is 5.32 Å². The average Bonchev–Trinajstić information content (AvgIpc) is 2.60. The van der Waals surface area contributed by atoms with Crippen LogP contribution in [0.3, 0.4) is 0 Å². The highest BCUT2D eigenvalue weighted by Gasteiger charge is 2.29. The second-order valence-electron chi connectivity index (χ2n) is 7.72. The first-order valence-electron chi connectivity index (χ1n) is 9.03. The maximum absolute atomic E-state index is 12.8. The number of ether oxygens (including phenoxy) is 1. The number of amides is 3. The Morgan fingerprint density at radius 3 is 2.41 bits per heavy atom. The molecule has 0 aromatic heterocycles. The molecule has 0 saturated carbocycles. The van der Waals surface area contributed by atoms with E-state index in [0.29, 0.717) is 37.4 Å². The van der Waals surface area contributed by atoms with Gasteiger partial charge in [-0.25, -0.2) is 4.79 Å². The summed E-state index contributed by atoms with van der Waals surface area (Å²) in [6.07, 6.45) is -0.350. The average molecular weight is 391 g/mol. The Bertz CT molecular complexity index is 767. The van der Waals surface area contributed by atoms with Crippen LogP contribution in [0.4, 0.5) is 10.5 Å². The molecule has 1 fully saturated rings. The number of rotatable bonds is 1. The van der Waals surface area contributed by atoms with E-state index in [4.69, 9.17) is 4.74 Å². The number of nitrogens with zero attached hydrogens (tertiary/aromatic N) is 2. The van der Waals surface area contributed by atoms with Crippen LogP contribution in [-0.2, 0) is 9.53 Å². The molecule has 0 unspecified atom stereocenters. The van der Waals surface area contributed by atoms with Gasteiger partial charge in [-0.05, 0) is 45.9 Å². The summed E-state index contributed by atoms with van der Waals surface area (Å²) in [5, 5.41) is 2.71. The summed E-state index contributed by atoms with van der Waals surface area (Å²) >= 11 is 1.49. The molecule has 3 rings (SSSR count). The molecule has 2 aliphatic rings. The number of hydrogen-bond donors (Lipinski definition) is 1. The minimum Gasteiger partial charge on any atom is -0.444 e. The SMILES string of the molecule is C[C@@H]1Sc2ccc(C(=O)N3CCN(C(=O)OC(C)(C)C)CC3)cc2NC1=O. The fraction of sp³-hybridized carbons (Fsp3) is 0.526. The van der Waals surface area contributed by atoms with E-state index in [1.807, 2.05) is 33.8 Å². The van der Waals surface area contributed by atoms with Crippen molar-refractivity contribution in [1.29, 1.82) is 0 Å². The molecule has 2 aliphatic heterocycles. The van der Waals surface area contributed by atoms with Crippen LogP contribution in [0.15, 0.2) is 23.1 Å². The third-order valence-electron chi connectivity index (χ3n) is 4.38. The van der Waals surface area contributed by atoms with Crippen molar-refractivity contribution in [2.24, 2.45) is 0 Å². The van der Waals surface area contributed by atoms with Crippen molar-refractivity contribution >= 4 is 35.4 Å². The lowest BCUT2D eigenvalue weighted by Gasteiger charge is -2.35. The molecule has 0 radical (unpaired) electrons. The quantitative estimate of drug-likeness (QED) is 0.796. The molecule has 1 aromatic carbocycles. The highest BCUT2D eigenvalue weighted by Crippen LogP contribution is 2.36. The van der Waals surface area contributed by atoms with Gasteiger partial charge in [-0.3, -0.25) is 9.59 Å². The molecule has 1 saturated heterocycles. The van der Waals surface area contributed by atoms with Crippen molar-refractivity contribution in [3.63, 3.8) is 0 Å². The van der Waals surface area contributed by atoms with Crippen LogP contribution in [0.25, 0.3) is 0 Å². The first-order chi connectivity index (χ1) is 12.6.